The first-order valence-electron chi connectivity index (χ1n) is 10.1. The average molecular weight is 410 g/mol. The second-order valence-electron chi connectivity index (χ2n) is 8.37. The Kier molecular flexibility index (Phi) is 5.41. The highest BCUT2D eigenvalue weighted by Crippen LogP contribution is 2.41. The lowest BCUT2D eigenvalue weighted by Gasteiger charge is -2.37. The van der Waals surface area contributed by atoms with Crippen molar-refractivity contribution >= 4 is 5.91 Å². The molecule has 1 aliphatic carbocycles. The Hall–Kier alpha value is -3.02. The van der Waals surface area contributed by atoms with E-state index in [9.17, 15) is 13.6 Å². The van der Waals surface area contributed by atoms with Crippen LogP contribution >= 0.6 is 0 Å². The minimum Gasteiger partial charge on any atom is -0.441 e. The van der Waals surface area contributed by atoms with Crippen LogP contribution in [-0.2, 0) is 16.6 Å². The Labute approximate surface area is 174 Å². The molecule has 1 aliphatic rings. The van der Waals surface area contributed by atoms with Crippen LogP contribution in [0.5, 0.6) is 0 Å². The molecule has 1 N–H and O–H groups in total. The van der Waals surface area contributed by atoms with Crippen LogP contribution in [0.25, 0.3) is 11.3 Å². The van der Waals surface area contributed by atoms with Crippen LogP contribution in [0.4, 0.5) is 8.78 Å². The van der Waals surface area contributed by atoms with Crippen LogP contribution < -0.4 is 5.32 Å². The number of hydrogen-bond donors (Lipinski definition) is 1. The molecule has 0 saturated carbocycles. The molecule has 4 rings (SSSR count). The van der Waals surface area contributed by atoms with Crippen molar-refractivity contribution in [1.82, 2.24) is 10.3 Å². The number of fused-ring (bicyclic) bond motifs is 1. The number of halogens is 2. The van der Waals surface area contributed by atoms with E-state index in [-0.39, 0.29) is 35.1 Å². The lowest BCUT2D eigenvalue weighted by Crippen LogP contribution is -2.35. The largest absolute Gasteiger partial charge is 0.441 e. The summed E-state index contributed by atoms with van der Waals surface area (Å²) < 4.78 is 32.5. The summed E-state index contributed by atoms with van der Waals surface area (Å²) in [6.07, 6.45) is 3.80. The van der Waals surface area contributed by atoms with Crippen molar-refractivity contribution < 1.29 is 18.0 Å². The summed E-state index contributed by atoms with van der Waals surface area (Å²) in [4.78, 5) is 16.7. The van der Waals surface area contributed by atoms with Gasteiger partial charge >= 0.3 is 0 Å². The van der Waals surface area contributed by atoms with Crippen molar-refractivity contribution in [2.45, 2.75) is 51.0 Å². The van der Waals surface area contributed by atoms with E-state index in [1.165, 1.54) is 23.4 Å². The highest BCUT2D eigenvalue weighted by atomic mass is 19.1. The van der Waals surface area contributed by atoms with Crippen LogP contribution in [0.15, 0.2) is 53.1 Å². The van der Waals surface area contributed by atoms with Gasteiger partial charge < -0.3 is 9.73 Å². The molecular weight excluding hydrogens is 386 g/mol. The maximum Gasteiger partial charge on any atom is 0.220 e. The number of nitrogens with zero attached hydrogens (tertiary/aromatic N) is 1. The maximum absolute atomic E-state index is 13.9. The van der Waals surface area contributed by atoms with E-state index in [1.807, 2.05) is 12.1 Å². The third kappa shape index (κ3) is 4.13. The molecule has 1 atom stereocenters. The van der Waals surface area contributed by atoms with E-state index in [2.05, 4.69) is 36.3 Å². The van der Waals surface area contributed by atoms with E-state index in [1.54, 1.807) is 0 Å². The third-order valence-electron chi connectivity index (χ3n) is 5.77. The van der Waals surface area contributed by atoms with Crippen molar-refractivity contribution in [2.75, 3.05) is 0 Å². The summed E-state index contributed by atoms with van der Waals surface area (Å²) in [6.45, 7) is 4.46. The van der Waals surface area contributed by atoms with Gasteiger partial charge in [0.15, 0.2) is 11.7 Å². The summed E-state index contributed by atoms with van der Waals surface area (Å²) >= 11 is 0. The predicted molar refractivity (Wildman–Crippen MR) is 110 cm³/mol. The average Bonchev–Trinajstić information content (AvgIpc) is 3.18. The van der Waals surface area contributed by atoms with Crippen LogP contribution in [-0.4, -0.2) is 10.9 Å². The Morgan fingerprint density at radius 3 is 2.83 bits per heavy atom. The predicted octanol–water partition coefficient (Wildman–Crippen LogP) is 5.48. The summed E-state index contributed by atoms with van der Waals surface area (Å²) in [7, 11) is 0. The monoisotopic (exact) mass is 410 g/mol. The summed E-state index contributed by atoms with van der Waals surface area (Å²) in [5.74, 6) is -0.891. The van der Waals surface area contributed by atoms with Gasteiger partial charge in [0, 0.05) is 18.9 Å². The number of aromatic nitrogens is 1. The van der Waals surface area contributed by atoms with E-state index in [0.29, 0.717) is 12.3 Å². The zero-order valence-corrected chi connectivity index (χ0v) is 17.0. The smallest absolute Gasteiger partial charge is 0.220 e. The Morgan fingerprint density at radius 2 is 2.03 bits per heavy atom. The first kappa shape index (κ1) is 20.3. The molecule has 6 heteroatoms. The second kappa shape index (κ2) is 8.01. The first-order chi connectivity index (χ1) is 14.3. The Balaban J connectivity index is 1.39. The highest BCUT2D eigenvalue weighted by molar-refractivity contribution is 5.76. The van der Waals surface area contributed by atoms with Crippen LogP contribution in [0, 0.1) is 11.6 Å². The van der Waals surface area contributed by atoms with Crippen LogP contribution in [0.3, 0.4) is 0 Å². The highest BCUT2D eigenvalue weighted by Gasteiger charge is 2.32. The minimum atomic E-state index is -0.714. The van der Waals surface area contributed by atoms with Crippen LogP contribution in [0.1, 0.15) is 56.2 Å². The van der Waals surface area contributed by atoms with Crippen molar-refractivity contribution in [1.29, 1.82) is 0 Å². The lowest BCUT2D eigenvalue weighted by molar-refractivity contribution is -0.122. The lowest BCUT2D eigenvalue weighted by atomic mass is 9.71. The normalized spacial score (nSPS) is 17.4. The van der Waals surface area contributed by atoms with Gasteiger partial charge in [-0.15, -0.1) is 0 Å². The molecule has 1 aromatic heterocycles. The number of hydrogen-bond acceptors (Lipinski definition) is 3. The van der Waals surface area contributed by atoms with Crippen molar-refractivity contribution in [3.05, 3.63) is 77.3 Å². The fourth-order valence-corrected chi connectivity index (χ4v) is 4.09. The minimum absolute atomic E-state index is 0.00448. The van der Waals surface area contributed by atoms with Gasteiger partial charge in [-0.1, -0.05) is 38.1 Å². The van der Waals surface area contributed by atoms with Gasteiger partial charge in [-0.2, -0.15) is 0 Å². The number of amides is 1. The molecule has 0 aliphatic heterocycles. The number of aryl methyl sites for hydroxylation is 1. The van der Waals surface area contributed by atoms with Gasteiger partial charge in [0.2, 0.25) is 5.91 Å². The van der Waals surface area contributed by atoms with Crippen molar-refractivity contribution in [3.63, 3.8) is 0 Å². The molecule has 1 unspecified atom stereocenters. The molecule has 1 amide bonds. The standard InChI is InChI=1S/C24H24F2N2O2/c1-24(2)12-11-20(16-5-3-4-6-18(16)24)28-22(29)9-10-23-27-14-21(30-23)17-8-7-15(25)13-19(17)26/h3-8,13-14,20H,9-12H2,1-2H3,(H,28,29). The molecule has 0 saturated heterocycles. The van der Waals surface area contributed by atoms with E-state index in [0.717, 1.165) is 25.0 Å². The number of carbonyl (C=O) groups excluding carboxylic acids is 1. The Bertz CT molecular complexity index is 1070. The number of rotatable bonds is 5. The summed E-state index contributed by atoms with van der Waals surface area (Å²) in [5.41, 5.74) is 2.69. The second-order valence-corrected chi connectivity index (χ2v) is 8.37. The van der Waals surface area contributed by atoms with Crippen LogP contribution in [0.2, 0.25) is 0 Å². The molecule has 0 bridgehead atoms. The van der Waals surface area contributed by atoms with Gasteiger partial charge in [-0.25, -0.2) is 13.8 Å². The van der Waals surface area contributed by atoms with E-state index in [4.69, 9.17) is 4.42 Å². The molecule has 156 valence electrons. The molecule has 4 nitrogen and oxygen atoms in total. The zero-order valence-electron chi connectivity index (χ0n) is 17.0. The SMILES string of the molecule is CC1(C)CCC(NC(=O)CCc2ncc(-c3ccc(F)cc3F)o2)c2ccccc21. The topological polar surface area (TPSA) is 55.1 Å². The molecule has 0 radical (unpaired) electrons. The number of nitrogens with one attached hydrogen (secondary N) is 1. The van der Waals surface area contributed by atoms with Gasteiger partial charge in [0.1, 0.15) is 11.6 Å². The fraction of sp³-hybridized carbons (Fsp3) is 0.333. The molecule has 0 fully saturated rings. The molecule has 0 spiro atoms. The summed E-state index contributed by atoms with van der Waals surface area (Å²) in [6, 6.07) is 11.5. The molecule has 3 aromatic rings. The number of carbonyl (C=O) groups is 1. The van der Waals surface area contributed by atoms with Gasteiger partial charge in [-0.05, 0) is 41.5 Å². The van der Waals surface area contributed by atoms with Crippen molar-refractivity contribution in [3.8, 4) is 11.3 Å². The van der Waals surface area contributed by atoms with Gasteiger partial charge in [0.05, 0.1) is 17.8 Å². The maximum atomic E-state index is 13.9. The zero-order chi connectivity index (χ0) is 21.3. The van der Waals surface area contributed by atoms with Crippen molar-refractivity contribution in [2.24, 2.45) is 0 Å². The third-order valence-corrected chi connectivity index (χ3v) is 5.77. The number of benzene rings is 2. The number of oxazole rings is 1. The van der Waals surface area contributed by atoms with Gasteiger partial charge in [0.25, 0.3) is 0 Å². The first-order valence-corrected chi connectivity index (χ1v) is 10.1. The quantitative estimate of drug-likeness (QED) is 0.606. The molecule has 30 heavy (non-hydrogen) atoms. The van der Waals surface area contributed by atoms with E-state index < -0.39 is 11.6 Å². The van der Waals surface area contributed by atoms with E-state index >= 15 is 0 Å². The fourth-order valence-electron chi connectivity index (χ4n) is 4.09. The molecule has 1 heterocycles. The van der Waals surface area contributed by atoms with Gasteiger partial charge in [-0.3, -0.25) is 4.79 Å². The Morgan fingerprint density at radius 1 is 1.23 bits per heavy atom. The molecular formula is C24H24F2N2O2. The summed E-state index contributed by atoms with van der Waals surface area (Å²) in [5, 5.41) is 3.13. The molecule has 2 aromatic carbocycles.